The summed E-state index contributed by atoms with van der Waals surface area (Å²) in [6.07, 6.45) is 0.779. The van der Waals surface area contributed by atoms with Crippen molar-refractivity contribution in [1.82, 2.24) is 4.98 Å². The van der Waals surface area contributed by atoms with E-state index in [2.05, 4.69) is 29.0 Å². The van der Waals surface area contributed by atoms with E-state index in [4.69, 9.17) is 5.11 Å². The van der Waals surface area contributed by atoms with Crippen LogP contribution in [0.5, 0.6) is 0 Å². The lowest BCUT2D eigenvalue weighted by Gasteiger charge is -2.22. The van der Waals surface area contributed by atoms with E-state index in [-0.39, 0.29) is 6.61 Å². The van der Waals surface area contributed by atoms with Crippen molar-refractivity contribution in [2.45, 2.75) is 20.3 Å². The summed E-state index contributed by atoms with van der Waals surface area (Å²) in [7, 11) is 0. The first kappa shape index (κ1) is 12.8. The van der Waals surface area contributed by atoms with Crippen molar-refractivity contribution >= 4 is 11.6 Å². The van der Waals surface area contributed by atoms with Crippen molar-refractivity contribution in [3.8, 4) is 0 Å². The number of hydrogen-bond acceptors (Lipinski definition) is 4. The maximum absolute atomic E-state index is 8.84. The zero-order valence-corrected chi connectivity index (χ0v) is 10.1. The van der Waals surface area contributed by atoms with Crippen molar-refractivity contribution in [3.63, 3.8) is 0 Å². The van der Waals surface area contributed by atoms with Gasteiger partial charge in [0.1, 0.15) is 11.6 Å². The minimum Gasteiger partial charge on any atom is -0.396 e. The molecule has 0 spiro atoms. The third-order valence-electron chi connectivity index (χ3n) is 2.38. The molecule has 0 saturated heterocycles. The molecule has 0 aliphatic heterocycles. The summed E-state index contributed by atoms with van der Waals surface area (Å²) in [6, 6.07) is 5.97. The summed E-state index contributed by atoms with van der Waals surface area (Å²) < 4.78 is 0. The molecular formula is C12H21N3O. The standard InChI is InChI=1S/C12H21N3O/c1-3-13-11-7-5-8-12(14-11)15(4-2)9-6-10-16/h5,7-8,16H,3-4,6,9-10H2,1-2H3,(H,13,14). The lowest BCUT2D eigenvalue weighted by atomic mass is 10.3. The van der Waals surface area contributed by atoms with Crippen LogP contribution in [0.1, 0.15) is 20.3 Å². The average Bonchev–Trinajstić information content (AvgIpc) is 2.31. The van der Waals surface area contributed by atoms with Crippen molar-refractivity contribution in [3.05, 3.63) is 18.2 Å². The molecule has 1 aromatic heterocycles. The first-order valence-electron chi connectivity index (χ1n) is 5.88. The highest BCUT2D eigenvalue weighted by molar-refractivity contribution is 5.46. The molecule has 2 N–H and O–H groups in total. The van der Waals surface area contributed by atoms with Crippen LogP contribution in [-0.2, 0) is 0 Å². The van der Waals surface area contributed by atoms with Crippen LogP contribution in [0, 0.1) is 0 Å². The van der Waals surface area contributed by atoms with Gasteiger partial charge in [0.25, 0.3) is 0 Å². The summed E-state index contributed by atoms with van der Waals surface area (Å²) in [4.78, 5) is 6.68. The minimum absolute atomic E-state index is 0.226. The fraction of sp³-hybridized carbons (Fsp3) is 0.583. The fourth-order valence-corrected chi connectivity index (χ4v) is 1.58. The second kappa shape index (κ2) is 7.06. The van der Waals surface area contributed by atoms with Crippen LogP contribution in [0.15, 0.2) is 18.2 Å². The van der Waals surface area contributed by atoms with Crippen molar-refractivity contribution < 1.29 is 5.11 Å². The Balaban J connectivity index is 2.71. The number of nitrogens with zero attached hydrogens (tertiary/aromatic N) is 2. The molecule has 1 rings (SSSR count). The molecule has 90 valence electrons. The number of aliphatic hydroxyl groups excluding tert-OH is 1. The largest absolute Gasteiger partial charge is 0.396 e. The highest BCUT2D eigenvalue weighted by Crippen LogP contribution is 2.14. The Hall–Kier alpha value is -1.29. The van der Waals surface area contributed by atoms with E-state index in [1.165, 1.54) is 0 Å². The highest BCUT2D eigenvalue weighted by atomic mass is 16.3. The Bertz CT molecular complexity index is 304. The predicted molar refractivity (Wildman–Crippen MR) is 68.0 cm³/mol. The summed E-state index contributed by atoms with van der Waals surface area (Å²) in [5, 5.41) is 12.0. The quantitative estimate of drug-likeness (QED) is 0.739. The van der Waals surface area contributed by atoms with Crippen LogP contribution >= 0.6 is 0 Å². The molecule has 16 heavy (non-hydrogen) atoms. The van der Waals surface area contributed by atoms with E-state index in [0.29, 0.717) is 0 Å². The van der Waals surface area contributed by atoms with E-state index >= 15 is 0 Å². The van der Waals surface area contributed by atoms with Gasteiger partial charge in [-0.15, -0.1) is 0 Å². The molecule has 0 aliphatic carbocycles. The second-order valence-corrected chi connectivity index (χ2v) is 3.57. The Kier molecular flexibility index (Phi) is 5.64. The third-order valence-corrected chi connectivity index (χ3v) is 2.38. The van der Waals surface area contributed by atoms with Gasteiger partial charge in [-0.1, -0.05) is 6.07 Å². The number of pyridine rings is 1. The average molecular weight is 223 g/mol. The summed E-state index contributed by atoms with van der Waals surface area (Å²) in [6.45, 7) is 7.00. The lowest BCUT2D eigenvalue weighted by molar-refractivity contribution is 0.289. The Morgan fingerprint density at radius 1 is 1.38 bits per heavy atom. The predicted octanol–water partition coefficient (Wildman–Crippen LogP) is 1.72. The van der Waals surface area contributed by atoms with E-state index in [1.54, 1.807) is 0 Å². The number of anilines is 2. The normalized spacial score (nSPS) is 10.2. The van der Waals surface area contributed by atoms with Gasteiger partial charge in [0.2, 0.25) is 0 Å². The van der Waals surface area contributed by atoms with Crippen molar-refractivity contribution in [2.24, 2.45) is 0 Å². The van der Waals surface area contributed by atoms with E-state index in [0.717, 1.165) is 37.7 Å². The molecule has 0 fully saturated rings. The van der Waals surface area contributed by atoms with Crippen LogP contribution in [0.25, 0.3) is 0 Å². The third kappa shape index (κ3) is 3.70. The molecule has 0 aromatic carbocycles. The first-order chi connectivity index (χ1) is 7.81. The van der Waals surface area contributed by atoms with Gasteiger partial charge in [-0.05, 0) is 32.4 Å². The number of aromatic nitrogens is 1. The smallest absolute Gasteiger partial charge is 0.130 e. The SMILES string of the molecule is CCNc1cccc(N(CC)CCCO)n1. The molecule has 4 nitrogen and oxygen atoms in total. The topological polar surface area (TPSA) is 48.4 Å². The van der Waals surface area contributed by atoms with Gasteiger partial charge < -0.3 is 15.3 Å². The van der Waals surface area contributed by atoms with Gasteiger partial charge >= 0.3 is 0 Å². The van der Waals surface area contributed by atoms with Gasteiger partial charge in [0, 0.05) is 26.2 Å². The highest BCUT2D eigenvalue weighted by Gasteiger charge is 2.05. The molecule has 4 heteroatoms. The molecule has 0 radical (unpaired) electrons. The molecule has 0 unspecified atom stereocenters. The maximum atomic E-state index is 8.84. The van der Waals surface area contributed by atoms with Gasteiger partial charge in [-0.25, -0.2) is 4.98 Å². The molecule has 0 atom stereocenters. The molecule has 1 aromatic rings. The van der Waals surface area contributed by atoms with Crippen LogP contribution < -0.4 is 10.2 Å². The zero-order chi connectivity index (χ0) is 11.8. The summed E-state index contributed by atoms with van der Waals surface area (Å²) >= 11 is 0. The van der Waals surface area contributed by atoms with E-state index in [1.807, 2.05) is 18.2 Å². The number of aliphatic hydroxyl groups is 1. The Morgan fingerprint density at radius 2 is 2.19 bits per heavy atom. The van der Waals surface area contributed by atoms with Gasteiger partial charge in [0.05, 0.1) is 0 Å². The molecule has 1 heterocycles. The second-order valence-electron chi connectivity index (χ2n) is 3.57. The van der Waals surface area contributed by atoms with Crippen LogP contribution in [0.4, 0.5) is 11.6 Å². The van der Waals surface area contributed by atoms with Crippen molar-refractivity contribution in [2.75, 3.05) is 36.5 Å². The lowest BCUT2D eigenvalue weighted by Crippen LogP contribution is -2.25. The fourth-order valence-electron chi connectivity index (χ4n) is 1.58. The Labute approximate surface area is 97.3 Å². The van der Waals surface area contributed by atoms with Crippen LogP contribution in [0.3, 0.4) is 0 Å². The zero-order valence-electron chi connectivity index (χ0n) is 10.1. The van der Waals surface area contributed by atoms with Gasteiger partial charge in [-0.3, -0.25) is 0 Å². The van der Waals surface area contributed by atoms with Gasteiger partial charge in [0.15, 0.2) is 0 Å². The first-order valence-corrected chi connectivity index (χ1v) is 5.88. The van der Waals surface area contributed by atoms with Crippen LogP contribution in [0.2, 0.25) is 0 Å². The van der Waals surface area contributed by atoms with E-state index < -0.39 is 0 Å². The minimum atomic E-state index is 0.226. The molecule has 0 bridgehead atoms. The van der Waals surface area contributed by atoms with Crippen molar-refractivity contribution in [1.29, 1.82) is 0 Å². The molecule has 0 amide bonds. The van der Waals surface area contributed by atoms with E-state index in [9.17, 15) is 0 Å². The number of nitrogens with one attached hydrogen (secondary N) is 1. The monoisotopic (exact) mass is 223 g/mol. The number of rotatable bonds is 7. The molecule has 0 saturated carbocycles. The summed E-state index contributed by atoms with van der Waals surface area (Å²) in [5.74, 6) is 1.87. The molecule has 0 aliphatic rings. The van der Waals surface area contributed by atoms with Gasteiger partial charge in [-0.2, -0.15) is 0 Å². The molecular weight excluding hydrogens is 202 g/mol. The summed E-state index contributed by atoms with van der Waals surface area (Å²) in [5.41, 5.74) is 0. The number of hydrogen-bond donors (Lipinski definition) is 2. The van der Waals surface area contributed by atoms with Crippen LogP contribution in [-0.4, -0.2) is 36.3 Å². The maximum Gasteiger partial charge on any atom is 0.130 e. The Morgan fingerprint density at radius 3 is 2.81 bits per heavy atom.